The highest BCUT2D eigenvalue weighted by molar-refractivity contribution is 5.77. The molecule has 1 amide bonds. The van der Waals surface area contributed by atoms with Crippen LogP contribution in [-0.2, 0) is 22.6 Å². The number of aromatic nitrogens is 4. The topological polar surface area (TPSA) is 102 Å². The standard InChI is InChI=1S/C19H18F2N6O3/c20-13-2-1-12(15(21)7-13)8-22-16(28)10-27-11-24-17-14(18(27)29)9-23-19(25-17)26-3-5-30-6-4-26/h1-2,7,9,11H,3-6,8,10H2,(H,22,28). The van der Waals surface area contributed by atoms with E-state index in [9.17, 15) is 18.4 Å². The van der Waals surface area contributed by atoms with Crippen LogP contribution in [-0.4, -0.2) is 51.7 Å². The summed E-state index contributed by atoms with van der Waals surface area (Å²) in [5, 5.41) is 2.68. The number of ether oxygens (including phenoxy) is 1. The van der Waals surface area contributed by atoms with Gasteiger partial charge in [-0.15, -0.1) is 0 Å². The molecule has 3 aromatic rings. The first kappa shape index (κ1) is 19.8. The first-order valence-electron chi connectivity index (χ1n) is 9.27. The highest BCUT2D eigenvalue weighted by atomic mass is 19.1. The molecule has 3 heterocycles. The normalized spacial score (nSPS) is 14.1. The molecular weight excluding hydrogens is 398 g/mol. The molecule has 0 bridgehead atoms. The van der Waals surface area contributed by atoms with Gasteiger partial charge in [-0.1, -0.05) is 6.07 Å². The average Bonchev–Trinajstić information content (AvgIpc) is 2.75. The highest BCUT2D eigenvalue weighted by Gasteiger charge is 2.16. The van der Waals surface area contributed by atoms with Crippen molar-refractivity contribution in [3.63, 3.8) is 0 Å². The van der Waals surface area contributed by atoms with Crippen molar-refractivity contribution in [3.05, 3.63) is 58.3 Å². The molecule has 1 aromatic carbocycles. The Balaban J connectivity index is 1.46. The number of carbonyl (C=O) groups is 1. The van der Waals surface area contributed by atoms with Crippen molar-refractivity contribution < 1.29 is 18.3 Å². The smallest absolute Gasteiger partial charge is 0.264 e. The van der Waals surface area contributed by atoms with Crippen LogP contribution >= 0.6 is 0 Å². The van der Waals surface area contributed by atoms with E-state index in [2.05, 4.69) is 20.3 Å². The summed E-state index contributed by atoms with van der Waals surface area (Å²) < 4.78 is 33.0. The Morgan fingerprint density at radius 2 is 2.00 bits per heavy atom. The maximum absolute atomic E-state index is 13.7. The fourth-order valence-electron chi connectivity index (χ4n) is 3.04. The van der Waals surface area contributed by atoms with E-state index in [0.29, 0.717) is 32.3 Å². The summed E-state index contributed by atoms with van der Waals surface area (Å²) in [5.74, 6) is -1.51. The Morgan fingerprint density at radius 3 is 2.77 bits per heavy atom. The molecule has 156 valence electrons. The Kier molecular flexibility index (Phi) is 5.61. The second kappa shape index (κ2) is 8.49. The van der Waals surface area contributed by atoms with Crippen LogP contribution in [0.2, 0.25) is 0 Å². The molecule has 1 aliphatic heterocycles. The van der Waals surface area contributed by atoms with Crippen LogP contribution < -0.4 is 15.8 Å². The fourth-order valence-corrected chi connectivity index (χ4v) is 3.04. The van der Waals surface area contributed by atoms with Gasteiger partial charge in [-0.05, 0) is 6.07 Å². The number of nitrogens with one attached hydrogen (secondary N) is 1. The molecule has 0 atom stereocenters. The number of hydrogen-bond acceptors (Lipinski definition) is 7. The quantitative estimate of drug-likeness (QED) is 0.650. The first-order chi connectivity index (χ1) is 14.5. The van der Waals surface area contributed by atoms with Crippen LogP contribution in [0.4, 0.5) is 14.7 Å². The van der Waals surface area contributed by atoms with E-state index in [1.165, 1.54) is 18.6 Å². The first-order valence-corrected chi connectivity index (χ1v) is 9.27. The van der Waals surface area contributed by atoms with Gasteiger partial charge in [0.2, 0.25) is 11.9 Å². The van der Waals surface area contributed by atoms with Gasteiger partial charge in [0.05, 0.1) is 13.2 Å². The summed E-state index contributed by atoms with van der Waals surface area (Å²) in [6.07, 6.45) is 2.63. The number of halogens is 2. The number of rotatable bonds is 5. The third-order valence-electron chi connectivity index (χ3n) is 4.67. The van der Waals surface area contributed by atoms with Crippen molar-refractivity contribution in [2.24, 2.45) is 0 Å². The number of nitrogens with zero attached hydrogens (tertiary/aromatic N) is 5. The number of carbonyl (C=O) groups excluding carboxylic acids is 1. The summed E-state index contributed by atoms with van der Waals surface area (Å²) >= 11 is 0. The summed E-state index contributed by atoms with van der Waals surface area (Å²) in [5.41, 5.74) is -0.0871. The summed E-state index contributed by atoms with van der Waals surface area (Å²) in [6, 6.07) is 3.09. The molecular formula is C19H18F2N6O3. The van der Waals surface area contributed by atoms with E-state index in [1.807, 2.05) is 4.90 Å². The lowest BCUT2D eigenvalue weighted by atomic mass is 10.2. The zero-order valence-corrected chi connectivity index (χ0v) is 15.8. The largest absolute Gasteiger partial charge is 0.378 e. The van der Waals surface area contributed by atoms with Crippen LogP contribution in [0.15, 0.2) is 35.5 Å². The second-order valence-electron chi connectivity index (χ2n) is 6.70. The van der Waals surface area contributed by atoms with Gasteiger partial charge in [0.1, 0.15) is 29.9 Å². The molecule has 0 spiro atoms. The Morgan fingerprint density at radius 1 is 1.20 bits per heavy atom. The zero-order chi connectivity index (χ0) is 21.1. The van der Waals surface area contributed by atoms with Crippen molar-refractivity contribution in [1.82, 2.24) is 24.8 Å². The van der Waals surface area contributed by atoms with Gasteiger partial charge in [-0.2, -0.15) is 4.98 Å². The predicted octanol–water partition coefficient (Wildman–Crippen LogP) is 0.618. The minimum atomic E-state index is -0.756. The van der Waals surface area contributed by atoms with E-state index < -0.39 is 23.1 Å². The molecule has 11 heteroatoms. The zero-order valence-electron chi connectivity index (χ0n) is 15.8. The maximum atomic E-state index is 13.7. The van der Waals surface area contributed by atoms with E-state index in [1.54, 1.807) is 0 Å². The van der Waals surface area contributed by atoms with Gasteiger partial charge in [0, 0.05) is 37.5 Å². The van der Waals surface area contributed by atoms with E-state index in [0.717, 1.165) is 16.7 Å². The van der Waals surface area contributed by atoms with Gasteiger partial charge in [0.15, 0.2) is 5.65 Å². The number of morpholine rings is 1. The van der Waals surface area contributed by atoms with Gasteiger partial charge in [-0.3, -0.25) is 14.2 Å². The van der Waals surface area contributed by atoms with Crippen molar-refractivity contribution in [3.8, 4) is 0 Å². The van der Waals surface area contributed by atoms with Crippen LogP contribution in [0.3, 0.4) is 0 Å². The monoisotopic (exact) mass is 416 g/mol. The Hall–Kier alpha value is -3.47. The van der Waals surface area contributed by atoms with Crippen molar-refractivity contribution in [2.45, 2.75) is 13.1 Å². The number of hydrogen-bond donors (Lipinski definition) is 1. The van der Waals surface area contributed by atoms with Crippen LogP contribution in [0.5, 0.6) is 0 Å². The van der Waals surface area contributed by atoms with E-state index in [-0.39, 0.29) is 29.7 Å². The molecule has 30 heavy (non-hydrogen) atoms. The van der Waals surface area contributed by atoms with E-state index >= 15 is 0 Å². The Bertz CT molecular complexity index is 1150. The summed E-state index contributed by atoms with van der Waals surface area (Å²) in [7, 11) is 0. The number of benzene rings is 1. The van der Waals surface area contributed by atoms with Gasteiger partial charge < -0.3 is 15.0 Å². The second-order valence-corrected chi connectivity index (χ2v) is 6.70. The lowest BCUT2D eigenvalue weighted by molar-refractivity contribution is -0.121. The minimum Gasteiger partial charge on any atom is -0.378 e. The molecule has 2 aromatic heterocycles. The molecule has 0 radical (unpaired) electrons. The molecule has 1 N–H and O–H groups in total. The van der Waals surface area contributed by atoms with Gasteiger partial charge >= 0.3 is 0 Å². The lowest BCUT2D eigenvalue weighted by Gasteiger charge is -2.26. The minimum absolute atomic E-state index is 0.132. The SMILES string of the molecule is O=C(Cn1cnc2nc(N3CCOCC3)ncc2c1=O)NCc1ccc(F)cc1F. The average molecular weight is 416 g/mol. The molecule has 1 fully saturated rings. The van der Waals surface area contributed by atoms with E-state index in [4.69, 9.17) is 4.74 Å². The van der Waals surface area contributed by atoms with Crippen LogP contribution in [0.25, 0.3) is 11.0 Å². The van der Waals surface area contributed by atoms with Gasteiger partial charge in [-0.25, -0.2) is 18.7 Å². The third-order valence-corrected chi connectivity index (χ3v) is 4.67. The van der Waals surface area contributed by atoms with Crippen molar-refractivity contribution in [1.29, 1.82) is 0 Å². The van der Waals surface area contributed by atoms with Crippen molar-refractivity contribution >= 4 is 22.9 Å². The third kappa shape index (κ3) is 4.25. The highest BCUT2D eigenvalue weighted by Crippen LogP contribution is 2.12. The molecule has 0 unspecified atom stereocenters. The number of anilines is 1. The number of fused-ring (bicyclic) bond motifs is 1. The van der Waals surface area contributed by atoms with Crippen LogP contribution in [0, 0.1) is 11.6 Å². The lowest BCUT2D eigenvalue weighted by Crippen LogP contribution is -2.37. The number of amides is 1. The molecule has 1 saturated heterocycles. The Labute approximate surface area is 169 Å². The van der Waals surface area contributed by atoms with Gasteiger partial charge in [0.25, 0.3) is 5.56 Å². The molecule has 1 aliphatic rings. The molecule has 0 aliphatic carbocycles. The molecule has 4 rings (SSSR count). The summed E-state index contributed by atoms with van der Waals surface area (Å²) in [6.45, 7) is 2.01. The summed E-state index contributed by atoms with van der Waals surface area (Å²) in [4.78, 5) is 39.5. The molecule has 9 nitrogen and oxygen atoms in total. The maximum Gasteiger partial charge on any atom is 0.264 e. The fraction of sp³-hybridized carbons (Fsp3) is 0.316. The predicted molar refractivity (Wildman–Crippen MR) is 103 cm³/mol. The van der Waals surface area contributed by atoms with Crippen molar-refractivity contribution in [2.75, 3.05) is 31.2 Å². The molecule has 0 saturated carbocycles. The van der Waals surface area contributed by atoms with Crippen LogP contribution in [0.1, 0.15) is 5.56 Å².